The summed E-state index contributed by atoms with van der Waals surface area (Å²) < 4.78 is 5.83. The molecule has 0 amide bonds. The maximum atomic E-state index is 10.0. The van der Waals surface area contributed by atoms with Crippen LogP contribution >= 0.6 is 0 Å². The highest BCUT2D eigenvalue weighted by molar-refractivity contribution is 5.70. The Hall–Kier alpha value is -1.84. The number of hydrogen-bond acceptors (Lipinski definition) is 3. The summed E-state index contributed by atoms with van der Waals surface area (Å²) in [5.41, 5.74) is 2.14. The van der Waals surface area contributed by atoms with E-state index < -0.39 is 6.10 Å². The van der Waals surface area contributed by atoms with Gasteiger partial charge >= 0.3 is 0 Å². The zero-order chi connectivity index (χ0) is 16.0. The Morgan fingerprint density at radius 2 is 1.64 bits per heavy atom. The minimum atomic E-state index is -0.539. The molecule has 0 aromatic heterocycles. The van der Waals surface area contributed by atoms with Crippen LogP contribution in [0.3, 0.4) is 0 Å². The lowest BCUT2D eigenvalue weighted by Gasteiger charge is -2.23. The number of hydrogen-bond donors (Lipinski definition) is 2. The van der Waals surface area contributed by atoms with E-state index >= 15 is 0 Å². The van der Waals surface area contributed by atoms with Crippen molar-refractivity contribution >= 4 is 0 Å². The number of nitrogens with one attached hydrogen (secondary N) is 1. The molecule has 2 rings (SSSR count). The normalized spacial score (nSPS) is 12.9. The van der Waals surface area contributed by atoms with Crippen molar-refractivity contribution in [1.82, 2.24) is 5.32 Å². The summed E-state index contributed by atoms with van der Waals surface area (Å²) in [6.45, 7) is 7.01. The standard InChI is InChI=1S/C19H25NO2/c1-19(2,3)20-13-16(21)14-22-18-12-8-7-11-17(18)15-9-5-4-6-10-15/h4-12,16,20-21H,13-14H2,1-3H3/t16-/m0/s1. The van der Waals surface area contributed by atoms with E-state index in [1.165, 1.54) is 0 Å². The zero-order valence-corrected chi connectivity index (χ0v) is 13.5. The fourth-order valence-electron chi connectivity index (χ4n) is 2.12. The van der Waals surface area contributed by atoms with Gasteiger partial charge in [-0.15, -0.1) is 0 Å². The van der Waals surface area contributed by atoms with Gasteiger partial charge in [0.2, 0.25) is 0 Å². The number of benzene rings is 2. The monoisotopic (exact) mass is 299 g/mol. The Balaban J connectivity index is 1.99. The number of para-hydroxylation sites is 1. The molecular weight excluding hydrogens is 274 g/mol. The number of β-amino-alcohol motifs (C(OH)–C–C–N with tert-alkyl or cyclic N) is 1. The minimum Gasteiger partial charge on any atom is -0.490 e. The van der Waals surface area contributed by atoms with Gasteiger partial charge in [0.05, 0.1) is 0 Å². The van der Waals surface area contributed by atoms with Crippen LogP contribution in [-0.4, -0.2) is 29.9 Å². The van der Waals surface area contributed by atoms with E-state index in [1.54, 1.807) is 0 Å². The van der Waals surface area contributed by atoms with Crippen molar-refractivity contribution in [3.63, 3.8) is 0 Å². The van der Waals surface area contributed by atoms with Crippen LogP contribution in [0.1, 0.15) is 20.8 Å². The Morgan fingerprint density at radius 1 is 1.00 bits per heavy atom. The number of aliphatic hydroxyl groups is 1. The van der Waals surface area contributed by atoms with Gasteiger partial charge in [-0.1, -0.05) is 48.5 Å². The molecule has 0 unspecified atom stereocenters. The first-order valence-electron chi connectivity index (χ1n) is 7.66. The van der Waals surface area contributed by atoms with E-state index in [0.29, 0.717) is 6.54 Å². The molecule has 3 heteroatoms. The van der Waals surface area contributed by atoms with E-state index in [0.717, 1.165) is 16.9 Å². The van der Waals surface area contributed by atoms with Crippen LogP contribution in [0.2, 0.25) is 0 Å². The van der Waals surface area contributed by atoms with Crippen molar-refractivity contribution < 1.29 is 9.84 Å². The lowest BCUT2D eigenvalue weighted by Crippen LogP contribution is -2.42. The smallest absolute Gasteiger partial charge is 0.127 e. The Labute approximate surface area is 133 Å². The number of aliphatic hydroxyl groups excluding tert-OH is 1. The fraction of sp³-hybridized carbons (Fsp3) is 0.368. The molecule has 22 heavy (non-hydrogen) atoms. The van der Waals surface area contributed by atoms with Crippen LogP contribution < -0.4 is 10.1 Å². The van der Waals surface area contributed by atoms with Crippen molar-refractivity contribution in [2.24, 2.45) is 0 Å². The molecule has 2 N–H and O–H groups in total. The average Bonchev–Trinajstić information content (AvgIpc) is 2.51. The highest BCUT2D eigenvalue weighted by atomic mass is 16.5. The molecule has 0 aliphatic heterocycles. The molecule has 0 spiro atoms. The average molecular weight is 299 g/mol. The van der Waals surface area contributed by atoms with Crippen molar-refractivity contribution in [2.45, 2.75) is 32.4 Å². The fourth-order valence-corrected chi connectivity index (χ4v) is 2.12. The molecule has 2 aromatic carbocycles. The summed E-state index contributed by atoms with van der Waals surface area (Å²) in [5, 5.41) is 13.3. The van der Waals surface area contributed by atoms with Crippen LogP contribution in [-0.2, 0) is 0 Å². The maximum Gasteiger partial charge on any atom is 0.127 e. The third-order valence-corrected chi connectivity index (χ3v) is 3.27. The summed E-state index contributed by atoms with van der Waals surface area (Å²) in [6.07, 6.45) is -0.539. The van der Waals surface area contributed by atoms with Crippen molar-refractivity contribution in [1.29, 1.82) is 0 Å². The summed E-state index contributed by atoms with van der Waals surface area (Å²) in [4.78, 5) is 0. The Morgan fingerprint density at radius 3 is 2.32 bits per heavy atom. The zero-order valence-electron chi connectivity index (χ0n) is 13.5. The second-order valence-corrected chi connectivity index (χ2v) is 6.46. The molecule has 0 saturated carbocycles. The van der Waals surface area contributed by atoms with Crippen molar-refractivity contribution in [2.75, 3.05) is 13.2 Å². The maximum absolute atomic E-state index is 10.0. The van der Waals surface area contributed by atoms with Gasteiger partial charge in [0.15, 0.2) is 0 Å². The molecule has 0 aliphatic carbocycles. The lowest BCUT2D eigenvalue weighted by atomic mass is 10.1. The van der Waals surface area contributed by atoms with Crippen molar-refractivity contribution in [3.05, 3.63) is 54.6 Å². The molecule has 0 aliphatic rings. The van der Waals surface area contributed by atoms with Gasteiger partial charge in [-0.05, 0) is 32.4 Å². The van der Waals surface area contributed by atoms with Gasteiger partial charge in [-0.25, -0.2) is 0 Å². The molecule has 0 saturated heterocycles. The molecule has 0 radical (unpaired) electrons. The first-order chi connectivity index (χ1) is 10.5. The number of rotatable bonds is 6. The molecule has 2 aromatic rings. The van der Waals surface area contributed by atoms with Crippen LogP contribution in [0.4, 0.5) is 0 Å². The minimum absolute atomic E-state index is 0.0110. The van der Waals surface area contributed by atoms with Crippen LogP contribution in [0, 0.1) is 0 Å². The molecule has 0 bridgehead atoms. The predicted molar refractivity (Wildman–Crippen MR) is 91.1 cm³/mol. The SMILES string of the molecule is CC(C)(C)NC[C@H](O)COc1ccccc1-c1ccccc1. The first kappa shape index (κ1) is 16.5. The second-order valence-electron chi connectivity index (χ2n) is 6.46. The topological polar surface area (TPSA) is 41.5 Å². The van der Waals surface area contributed by atoms with Gasteiger partial charge in [0.1, 0.15) is 18.5 Å². The quantitative estimate of drug-likeness (QED) is 0.858. The summed E-state index contributed by atoms with van der Waals surface area (Å²) >= 11 is 0. The molecular formula is C19H25NO2. The highest BCUT2D eigenvalue weighted by Crippen LogP contribution is 2.29. The lowest BCUT2D eigenvalue weighted by molar-refractivity contribution is 0.100. The van der Waals surface area contributed by atoms with Crippen LogP contribution in [0.15, 0.2) is 54.6 Å². The molecule has 0 fully saturated rings. The van der Waals surface area contributed by atoms with E-state index in [4.69, 9.17) is 4.74 Å². The first-order valence-corrected chi connectivity index (χ1v) is 7.66. The van der Waals surface area contributed by atoms with E-state index in [1.807, 2.05) is 42.5 Å². The Bertz CT molecular complexity index is 575. The van der Waals surface area contributed by atoms with Gasteiger partial charge in [-0.3, -0.25) is 0 Å². The Kier molecular flexibility index (Phi) is 5.58. The summed E-state index contributed by atoms with van der Waals surface area (Å²) in [7, 11) is 0. The second kappa shape index (κ2) is 7.43. The number of ether oxygens (including phenoxy) is 1. The third-order valence-electron chi connectivity index (χ3n) is 3.27. The van der Waals surface area contributed by atoms with Gasteiger partial charge in [0.25, 0.3) is 0 Å². The predicted octanol–water partition coefficient (Wildman–Crippen LogP) is 3.48. The molecule has 3 nitrogen and oxygen atoms in total. The third kappa shape index (κ3) is 5.17. The van der Waals surface area contributed by atoms with Gasteiger partial charge in [-0.2, -0.15) is 0 Å². The van der Waals surface area contributed by atoms with Crippen LogP contribution in [0.5, 0.6) is 5.75 Å². The molecule has 1 atom stereocenters. The molecule has 118 valence electrons. The highest BCUT2D eigenvalue weighted by Gasteiger charge is 2.13. The summed E-state index contributed by atoms with van der Waals surface area (Å²) in [5.74, 6) is 0.795. The van der Waals surface area contributed by atoms with E-state index in [9.17, 15) is 5.11 Å². The van der Waals surface area contributed by atoms with Crippen LogP contribution in [0.25, 0.3) is 11.1 Å². The summed E-state index contributed by atoms with van der Waals surface area (Å²) in [6, 6.07) is 18.0. The molecule has 0 heterocycles. The van der Waals surface area contributed by atoms with Gasteiger partial charge < -0.3 is 15.2 Å². The van der Waals surface area contributed by atoms with E-state index in [-0.39, 0.29) is 12.1 Å². The van der Waals surface area contributed by atoms with Gasteiger partial charge in [0, 0.05) is 17.6 Å². The largest absolute Gasteiger partial charge is 0.490 e. The van der Waals surface area contributed by atoms with Crippen molar-refractivity contribution in [3.8, 4) is 16.9 Å². The van der Waals surface area contributed by atoms with E-state index in [2.05, 4.69) is 38.2 Å².